The average Bonchev–Trinajstić information content (AvgIpc) is 2.93. The molecule has 0 aliphatic heterocycles. The number of rotatable bonds is 5. The number of thiophene rings is 1. The van der Waals surface area contributed by atoms with Gasteiger partial charge in [0.05, 0.1) is 4.92 Å². The molecule has 1 N–H and O–H groups in total. The van der Waals surface area contributed by atoms with E-state index in [1.165, 1.54) is 0 Å². The molecular weight excluding hydrogens is 324 g/mol. The van der Waals surface area contributed by atoms with Gasteiger partial charge in [-0.2, -0.15) is 0 Å². The minimum absolute atomic E-state index is 0.111. The van der Waals surface area contributed by atoms with Crippen LogP contribution in [0.25, 0.3) is 0 Å². The summed E-state index contributed by atoms with van der Waals surface area (Å²) in [7, 11) is -3.72. The van der Waals surface area contributed by atoms with Crippen molar-refractivity contribution in [3.63, 3.8) is 0 Å². The van der Waals surface area contributed by atoms with Gasteiger partial charge in [0.2, 0.25) is 10.0 Å². The molecule has 2 unspecified atom stereocenters. The van der Waals surface area contributed by atoms with Crippen LogP contribution in [-0.2, 0) is 10.0 Å². The Morgan fingerprint density at radius 2 is 2.25 bits per heavy atom. The molecule has 0 saturated heterocycles. The van der Waals surface area contributed by atoms with Crippen molar-refractivity contribution >= 4 is 38.6 Å². The highest BCUT2D eigenvalue weighted by Crippen LogP contribution is 2.36. The van der Waals surface area contributed by atoms with E-state index in [9.17, 15) is 18.5 Å². The van der Waals surface area contributed by atoms with E-state index in [0.717, 1.165) is 25.3 Å². The van der Waals surface area contributed by atoms with Crippen molar-refractivity contribution in [3.05, 3.63) is 20.5 Å². The topological polar surface area (TPSA) is 89.3 Å². The van der Waals surface area contributed by atoms with Crippen molar-refractivity contribution < 1.29 is 13.3 Å². The van der Waals surface area contributed by atoms with E-state index in [4.69, 9.17) is 11.6 Å². The Labute approximate surface area is 126 Å². The number of nitro groups is 1. The molecule has 1 aliphatic carbocycles. The van der Waals surface area contributed by atoms with Crippen LogP contribution in [0.4, 0.5) is 5.69 Å². The largest absolute Gasteiger partial charge is 0.300 e. The molecule has 1 fully saturated rings. The van der Waals surface area contributed by atoms with E-state index in [1.54, 1.807) is 0 Å². The third-order valence-corrected chi connectivity index (χ3v) is 6.71. The molecule has 1 aromatic heterocycles. The molecule has 2 rings (SSSR count). The van der Waals surface area contributed by atoms with Crippen molar-refractivity contribution in [2.24, 2.45) is 11.8 Å². The van der Waals surface area contributed by atoms with Crippen LogP contribution in [0.5, 0.6) is 0 Å². The van der Waals surface area contributed by atoms with Gasteiger partial charge in [0.15, 0.2) is 4.34 Å². The summed E-state index contributed by atoms with van der Waals surface area (Å²) in [6, 6.07) is 1.01. The predicted molar refractivity (Wildman–Crippen MR) is 77.7 cm³/mol. The molecule has 6 nitrogen and oxygen atoms in total. The molecule has 1 aliphatic rings. The Morgan fingerprint density at radius 1 is 1.55 bits per heavy atom. The van der Waals surface area contributed by atoms with Crippen LogP contribution in [0.2, 0.25) is 4.34 Å². The molecule has 1 aromatic rings. The first-order valence-electron chi connectivity index (χ1n) is 6.23. The van der Waals surface area contributed by atoms with Gasteiger partial charge in [0, 0.05) is 12.6 Å². The van der Waals surface area contributed by atoms with Gasteiger partial charge in [0.25, 0.3) is 5.69 Å². The molecular formula is C11H15ClN2O4S2. The summed E-state index contributed by atoms with van der Waals surface area (Å²) in [4.78, 5) is 9.99. The monoisotopic (exact) mass is 338 g/mol. The van der Waals surface area contributed by atoms with E-state index in [2.05, 4.69) is 11.6 Å². The van der Waals surface area contributed by atoms with Crippen LogP contribution in [0.1, 0.15) is 26.2 Å². The fourth-order valence-electron chi connectivity index (χ4n) is 2.40. The molecule has 1 heterocycles. The Hall–Kier alpha value is -0.700. The molecule has 9 heteroatoms. The van der Waals surface area contributed by atoms with Crippen LogP contribution in [0, 0.1) is 22.0 Å². The number of halogens is 1. The summed E-state index contributed by atoms with van der Waals surface area (Å²) in [6.45, 7) is 2.52. The third kappa shape index (κ3) is 3.49. The van der Waals surface area contributed by atoms with Crippen LogP contribution in [0.3, 0.4) is 0 Å². The highest BCUT2D eigenvalue weighted by Gasteiger charge is 2.27. The zero-order valence-corrected chi connectivity index (χ0v) is 13.2. The van der Waals surface area contributed by atoms with Gasteiger partial charge in [-0.3, -0.25) is 10.1 Å². The molecule has 112 valence electrons. The molecule has 0 bridgehead atoms. The molecule has 1 saturated carbocycles. The van der Waals surface area contributed by atoms with Gasteiger partial charge in [-0.05, 0) is 24.7 Å². The second-order valence-electron chi connectivity index (χ2n) is 5.12. The normalized spacial score (nSPS) is 23.1. The second kappa shape index (κ2) is 5.97. The van der Waals surface area contributed by atoms with Crippen LogP contribution < -0.4 is 4.72 Å². The first kappa shape index (κ1) is 15.7. The summed E-state index contributed by atoms with van der Waals surface area (Å²) < 4.78 is 26.4. The Kier molecular flexibility index (Phi) is 4.68. The lowest BCUT2D eigenvalue weighted by Gasteiger charge is -2.10. The van der Waals surface area contributed by atoms with Gasteiger partial charge >= 0.3 is 0 Å². The van der Waals surface area contributed by atoms with E-state index in [0.29, 0.717) is 29.7 Å². The van der Waals surface area contributed by atoms with Crippen LogP contribution >= 0.6 is 22.9 Å². The van der Waals surface area contributed by atoms with Crippen molar-refractivity contribution in [2.75, 3.05) is 6.54 Å². The van der Waals surface area contributed by atoms with Crippen molar-refractivity contribution in [1.29, 1.82) is 0 Å². The lowest BCUT2D eigenvalue weighted by atomic mass is 10.1. The first-order chi connectivity index (χ1) is 9.29. The molecule has 0 amide bonds. The van der Waals surface area contributed by atoms with E-state index < -0.39 is 14.9 Å². The number of sulfonamides is 1. The highest BCUT2D eigenvalue weighted by molar-refractivity contribution is 7.91. The SMILES string of the molecule is CC1CCC(CNS(=O)(=O)c2cc([N+](=O)[O-])c(Cl)s2)C1. The fraction of sp³-hybridized carbons (Fsp3) is 0.636. The van der Waals surface area contributed by atoms with Crippen molar-refractivity contribution in [1.82, 2.24) is 4.72 Å². The zero-order valence-electron chi connectivity index (χ0n) is 10.8. The molecule has 20 heavy (non-hydrogen) atoms. The molecule has 0 aromatic carbocycles. The van der Waals surface area contributed by atoms with Crippen LogP contribution in [0.15, 0.2) is 10.3 Å². The zero-order chi connectivity index (χ0) is 14.9. The summed E-state index contributed by atoms with van der Waals surface area (Å²) in [5.74, 6) is 0.965. The first-order valence-corrected chi connectivity index (χ1v) is 8.90. The maximum absolute atomic E-state index is 12.1. The van der Waals surface area contributed by atoms with E-state index in [-0.39, 0.29) is 14.2 Å². The fourth-order valence-corrected chi connectivity index (χ4v) is 5.23. The van der Waals surface area contributed by atoms with Gasteiger partial charge in [-0.1, -0.05) is 24.9 Å². The third-order valence-electron chi connectivity index (χ3n) is 3.47. The predicted octanol–water partition coefficient (Wildman–Crippen LogP) is 3.02. The average molecular weight is 339 g/mol. The van der Waals surface area contributed by atoms with E-state index in [1.807, 2.05) is 0 Å². The van der Waals surface area contributed by atoms with E-state index >= 15 is 0 Å². The van der Waals surface area contributed by atoms with Crippen molar-refractivity contribution in [2.45, 2.75) is 30.4 Å². The Balaban J connectivity index is 2.06. The summed E-state index contributed by atoms with van der Waals surface area (Å²) in [5.41, 5.74) is -0.369. The number of nitrogens with one attached hydrogen (secondary N) is 1. The van der Waals surface area contributed by atoms with Gasteiger partial charge < -0.3 is 0 Å². The van der Waals surface area contributed by atoms with Gasteiger partial charge in [-0.15, -0.1) is 11.3 Å². The number of hydrogen-bond acceptors (Lipinski definition) is 5. The maximum atomic E-state index is 12.1. The second-order valence-corrected chi connectivity index (χ2v) is 8.77. The minimum Gasteiger partial charge on any atom is -0.258 e. The molecule has 0 radical (unpaired) electrons. The molecule has 0 spiro atoms. The van der Waals surface area contributed by atoms with Gasteiger partial charge in [-0.25, -0.2) is 13.1 Å². The smallest absolute Gasteiger partial charge is 0.258 e. The Morgan fingerprint density at radius 3 is 2.75 bits per heavy atom. The quantitative estimate of drug-likeness (QED) is 0.660. The number of nitrogens with zero attached hydrogens (tertiary/aromatic N) is 1. The maximum Gasteiger partial charge on any atom is 0.300 e. The standard InChI is InChI=1S/C11H15ClN2O4S2/c1-7-2-3-8(4-7)6-13-20(17,18)10-5-9(14(15)16)11(12)19-10/h5,7-8,13H,2-4,6H2,1H3. The van der Waals surface area contributed by atoms with Crippen molar-refractivity contribution in [3.8, 4) is 0 Å². The summed E-state index contributed by atoms with van der Waals surface area (Å²) in [5, 5.41) is 10.7. The lowest BCUT2D eigenvalue weighted by Crippen LogP contribution is -2.28. The summed E-state index contributed by atoms with van der Waals surface area (Å²) >= 11 is 6.38. The minimum atomic E-state index is -3.72. The Bertz CT molecular complexity index is 614. The van der Waals surface area contributed by atoms with Crippen LogP contribution in [-0.4, -0.2) is 19.9 Å². The molecule has 2 atom stereocenters. The summed E-state index contributed by atoms with van der Waals surface area (Å²) in [6.07, 6.45) is 3.13. The highest BCUT2D eigenvalue weighted by atomic mass is 35.5. The van der Waals surface area contributed by atoms with Gasteiger partial charge in [0.1, 0.15) is 4.21 Å². The number of hydrogen-bond donors (Lipinski definition) is 1. The lowest BCUT2D eigenvalue weighted by molar-refractivity contribution is -0.384.